The summed E-state index contributed by atoms with van der Waals surface area (Å²) in [7, 11) is 0. The van der Waals surface area contributed by atoms with Crippen molar-refractivity contribution in [2.75, 3.05) is 18.5 Å². The van der Waals surface area contributed by atoms with E-state index in [-0.39, 0.29) is 12.6 Å². The molecular formula is C13H19NO2. The number of hydrogen-bond acceptors (Lipinski definition) is 3. The van der Waals surface area contributed by atoms with Gasteiger partial charge in [0.2, 0.25) is 0 Å². The molecule has 88 valence electrons. The van der Waals surface area contributed by atoms with Crippen molar-refractivity contribution in [1.82, 2.24) is 0 Å². The van der Waals surface area contributed by atoms with Gasteiger partial charge in [-0.15, -0.1) is 0 Å². The van der Waals surface area contributed by atoms with Crippen molar-refractivity contribution >= 4 is 5.69 Å². The van der Waals surface area contributed by atoms with Crippen molar-refractivity contribution in [2.24, 2.45) is 0 Å². The molecule has 1 heterocycles. The van der Waals surface area contributed by atoms with Crippen molar-refractivity contribution in [3.05, 3.63) is 23.8 Å². The number of rotatable bonds is 3. The first kappa shape index (κ1) is 11.3. The molecule has 1 aliphatic heterocycles. The third kappa shape index (κ3) is 2.30. The van der Waals surface area contributed by atoms with Gasteiger partial charge in [0, 0.05) is 6.61 Å². The first-order chi connectivity index (χ1) is 7.70. The molecule has 0 aromatic heterocycles. The van der Waals surface area contributed by atoms with Crippen molar-refractivity contribution in [2.45, 2.75) is 32.2 Å². The van der Waals surface area contributed by atoms with Gasteiger partial charge in [-0.2, -0.15) is 0 Å². The predicted molar refractivity (Wildman–Crippen MR) is 65.1 cm³/mol. The van der Waals surface area contributed by atoms with Crippen LogP contribution in [-0.2, 0) is 0 Å². The standard InChI is InChI=1S/C13H19NO2/c1-9(2)10-3-4-13-12(7-10)14-11(5-6-15)8-16-13/h3-4,7,9,11,14-15H,5-6,8H2,1-2H3. The lowest BCUT2D eigenvalue weighted by Gasteiger charge is -2.27. The van der Waals surface area contributed by atoms with Gasteiger partial charge in [-0.05, 0) is 30.0 Å². The quantitative estimate of drug-likeness (QED) is 0.823. The molecule has 0 spiro atoms. The van der Waals surface area contributed by atoms with Crippen LogP contribution in [0.1, 0.15) is 31.7 Å². The zero-order chi connectivity index (χ0) is 11.5. The molecule has 0 bridgehead atoms. The number of ether oxygens (including phenoxy) is 1. The maximum absolute atomic E-state index is 8.91. The van der Waals surface area contributed by atoms with E-state index < -0.39 is 0 Å². The van der Waals surface area contributed by atoms with E-state index in [1.165, 1.54) is 5.56 Å². The van der Waals surface area contributed by atoms with Crippen LogP contribution >= 0.6 is 0 Å². The molecule has 0 fully saturated rings. The van der Waals surface area contributed by atoms with Crippen molar-refractivity contribution in [3.8, 4) is 5.75 Å². The Morgan fingerprint density at radius 3 is 3.00 bits per heavy atom. The van der Waals surface area contributed by atoms with Crippen LogP contribution in [0.3, 0.4) is 0 Å². The van der Waals surface area contributed by atoms with Gasteiger partial charge in [0.1, 0.15) is 12.4 Å². The highest BCUT2D eigenvalue weighted by molar-refractivity contribution is 5.60. The van der Waals surface area contributed by atoms with Crippen molar-refractivity contribution < 1.29 is 9.84 Å². The molecule has 0 saturated carbocycles. The average Bonchev–Trinajstić information content (AvgIpc) is 2.28. The maximum atomic E-state index is 8.91. The fraction of sp³-hybridized carbons (Fsp3) is 0.538. The third-order valence-corrected chi connectivity index (χ3v) is 2.95. The number of benzene rings is 1. The highest BCUT2D eigenvalue weighted by atomic mass is 16.5. The first-order valence-electron chi connectivity index (χ1n) is 5.85. The minimum absolute atomic E-state index is 0.195. The Balaban J connectivity index is 2.18. The summed E-state index contributed by atoms with van der Waals surface area (Å²) in [6.45, 7) is 5.18. The zero-order valence-electron chi connectivity index (χ0n) is 9.86. The van der Waals surface area contributed by atoms with Crippen LogP contribution < -0.4 is 10.1 Å². The second-order valence-corrected chi connectivity index (χ2v) is 4.57. The molecule has 0 aliphatic carbocycles. The predicted octanol–water partition coefficient (Wildman–Crippen LogP) is 2.37. The van der Waals surface area contributed by atoms with E-state index in [2.05, 4.69) is 31.3 Å². The van der Waals surface area contributed by atoms with Crippen LogP contribution in [0.5, 0.6) is 5.75 Å². The van der Waals surface area contributed by atoms with Crippen LogP contribution in [-0.4, -0.2) is 24.4 Å². The molecule has 1 unspecified atom stereocenters. The second kappa shape index (κ2) is 4.74. The number of hydrogen-bond donors (Lipinski definition) is 2. The van der Waals surface area contributed by atoms with Crippen LogP contribution in [0.2, 0.25) is 0 Å². The minimum atomic E-state index is 0.195. The Labute approximate surface area is 96.4 Å². The maximum Gasteiger partial charge on any atom is 0.142 e. The van der Waals surface area contributed by atoms with Gasteiger partial charge in [-0.3, -0.25) is 0 Å². The summed E-state index contributed by atoms with van der Waals surface area (Å²) in [5, 5.41) is 12.3. The van der Waals surface area contributed by atoms with Crippen LogP contribution in [0.4, 0.5) is 5.69 Å². The molecule has 16 heavy (non-hydrogen) atoms. The third-order valence-electron chi connectivity index (χ3n) is 2.95. The normalized spacial score (nSPS) is 18.9. The summed E-state index contributed by atoms with van der Waals surface area (Å²) in [4.78, 5) is 0. The largest absolute Gasteiger partial charge is 0.489 e. The topological polar surface area (TPSA) is 41.5 Å². The Morgan fingerprint density at radius 1 is 1.50 bits per heavy atom. The highest BCUT2D eigenvalue weighted by Gasteiger charge is 2.18. The molecule has 1 atom stereocenters. The van der Waals surface area contributed by atoms with Crippen LogP contribution in [0.15, 0.2) is 18.2 Å². The first-order valence-corrected chi connectivity index (χ1v) is 5.85. The molecule has 3 nitrogen and oxygen atoms in total. The molecular weight excluding hydrogens is 202 g/mol. The second-order valence-electron chi connectivity index (χ2n) is 4.57. The van der Waals surface area contributed by atoms with Gasteiger partial charge in [0.05, 0.1) is 11.7 Å². The van der Waals surface area contributed by atoms with Gasteiger partial charge < -0.3 is 15.2 Å². The number of anilines is 1. The molecule has 1 aromatic rings. The number of fused-ring (bicyclic) bond motifs is 1. The summed E-state index contributed by atoms with van der Waals surface area (Å²) in [6.07, 6.45) is 0.728. The fourth-order valence-electron chi connectivity index (χ4n) is 1.91. The molecule has 1 aromatic carbocycles. The lowest BCUT2D eigenvalue weighted by atomic mass is 10.0. The number of nitrogens with one attached hydrogen (secondary N) is 1. The lowest BCUT2D eigenvalue weighted by molar-refractivity contribution is 0.233. The van der Waals surface area contributed by atoms with E-state index in [1.807, 2.05) is 6.07 Å². The summed E-state index contributed by atoms with van der Waals surface area (Å²) < 4.78 is 5.65. The fourth-order valence-corrected chi connectivity index (χ4v) is 1.91. The van der Waals surface area contributed by atoms with Crippen molar-refractivity contribution in [3.63, 3.8) is 0 Å². The summed E-state index contributed by atoms with van der Waals surface area (Å²) >= 11 is 0. The Hall–Kier alpha value is -1.22. The Morgan fingerprint density at radius 2 is 2.31 bits per heavy atom. The SMILES string of the molecule is CC(C)c1ccc2c(c1)NC(CCO)CO2. The van der Waals surface area contributed by atoms with E-state index in [4.69, 9.17) is 9.84 Å². The van der Waals surface area contributed by atoms with Gasteiger partial charge >= 0.3 is 0 Å². The number of aliphatic hydroxyl groups excluding tert-OH is 1. The summed E-state index contributed by atoms with van der Waals surface area (Å²) in [6, 6.07) is 6.49. The molecule has 2 rings (SSSR count). The minimum Gasteiger partial charge on any atom is -0.489 e. The molecule has 2 N–H and O–H groups in total. The highest BCUT2D eigenvalue weighted by Crippen LogP contribution is 2.32. The van der Waals surface area contributed by atoms with E-state index in [0.717, 1.165) is 17.9 Å². The van der Waals surface area contributed by atoms with E-state index in [0.29, 0.717) is 12.5 Å². The molecule has 3 heteroatoms. The van der Waals surface area contributed by atoms with E-state index >= 15 is 0 Å². The van der Waals surface area contributed by atoms with E-state index in [9.17, 15) is 0 Å². The van der Waals surface area contributed by atoms with Gasteiger partial charge in [0.15, 0.2) is 0 Å². The lowest BCUT2D eigenvalue weighted by Crippen LogP contribution is -2.32. The molecule has 0 amide bonds. The monoisotopic (exact) mass is 221 g/mol. The van der Waals surface area contributed by atoms with Crippen LogP contribution in [0.25, 0.3) is 0 Å². The van der Waals surface area contributed by atoms with Gasteiger partial charge in [-0.1, -0.05) is 19.9 Å². The smallest absolute Gasteiger partial charge is 0.142 e. The number of aliphatic hydroxyl groups is 1. The Kier molecular flexibility index (Phi) is 3.34. The molecule has 0 saturated heterocycles. The van der Waals surface area contributed by atoms with Crippen molar-refractivity contribution in [1.29, 1.82) is 0 Å². The Bertz CT molecular complexity index is 363. The average molecular weight is 221 g/mol. The summed E-state index contributed by atoms with van der Waals surface area (Å²) in [5.74, 6) is 1.43. The molecule has 0 radical (unpaired) electrons. The van der Waals surface area contributed by atoms with Crippen LogP contribution in [0, 0.1) is 0 Å². The van der Waals surface area contributed by atoms with E-state index in [1.54, 1.807) is 0 Å². The van der Waals surface area contributed by atoms with Gasteiger partial charge in [-0.25, -0.2) is 0 Å². The van der Waals surface area contributed by atoms with Gasteiger partial charge in [0.25, 0.3) is 0 Å². The molecule has 1 aliphatic rings. The summed E-state index contributed by atoms with van der Waals surface area (Å²) in [5.41, 5.74) is 2.36. The zero-order valence-corrected chi connectivity index (χ0v) is 9.86.